The number of likely N-dealkylation sites (N-methyl/N-ethyl adjacent to an activating group) is 1. The molecule has 31 heavy (non-hydrogen) atoms. The number of piperidine rings is 1. The van der Waals surface area contributed by atoms with Crippen LogP contribution in [0.2, 0.25) is 0 Å². The van der Waals surface area contributed by atoms with E-state index in [9.17, 15) is 14.3 Å². The maximum atomic E-state index is 13.1. The number of nitrogens with zero attached hydrogens (tertiary/aromatic N) is 4. The van der Waals surface area contributed by atoms with E-state index in [0.717, 1.165) is 37.1 Å². The number of nitrogens with one attached hydrogen (secondary N) is 1. The molecule has 1 aromatic heterocycles. The predicted octanol–water partition coefficient (Wildman–Crippen LogP) is 2.88. The summed E-state index contributed by atoms with van der Waals surface area (Å²) in [7, 11) is 4.23. The fourth-order valence-corrected chi connectivity index (χ4v) is 4.34. The standard InChI is InChI=1S/C23H30FN5O2/c1-27(2)20-9-12-29(16-20)19-6-4-18(5-7-19)26-22(30)28-13-10-23(31,11-14-28)21-8-3-17(24)15-25-21/h3-8,15,20,31H,9-14,16H2,1-2H3,(H,26,30). The number of rotatable bonds is 4. The lowest BCUT2D eigenvalue weighted by Gasteiger charge is -2.37. The summed E-state index contributed by atoms with van der Waals surface area (Å²) in [6, 6.07) is 11.1. The number of amides is 2. The molecule has 2 amide bonds. The fraction of sp³-hybridized carbons (Fsp3) is 0.478. The van der Waals surface area contributed by atoms with Crippen molar-refractivity contribution in [1.29, 1.82) is 0 Å². The number of hydrogen-bond acceptors (Lipinski definition) is 5. The topological polar surface area (TPSA) is 71.9 Å². The largest absolute Gasteiger partial charge is 0.383 e. The summed E-state index contributed by atoms with van der Waals surface area (Å²) in [5.74, 6) is -0.433. The summed E-state index contributed by atoms with van der Waals surface area (Å²) in [6.45, 7) is 2.85. The molecular weight excluding hydrogens is 397 g/mol. The van der Waals surface area contributed by atoms with E-state index in [4.69, 9.17) is 0 Å². The van der Waals surface area contributed by atoms with Crippen LogP contribution in [0.3, 0.4) is 0 Å². The second kappa shape index (κ2) is 8.80. The molecule has 2 fully saturated rings. The molecule has 2 aliphatic rings. The normalized spacial score (nSPS) is 20.9. The zero-order chi connectivity index (χ0) is 22.0. The van der Waals surface area contributed by atoms with Crippen molar-refractivity contribution in [3.05, 3.63) is 54.1 Å². The zero-order valence-corrected chi connectivity index (χ0v) is 18.1. The van der Waals surface area contributed by atoms with E-state index in [1.54, 1.807) is 4.90 Å². The van der Waals surface area contributed by atoms with Gasteiger partial charge in [0.15, 0.2) is 0 Å². The lowest BCUT2D eigenvalue weighted by molar-refractivity contribution is -0.0193. The number of halogens is 1. The fourth-order valence-electron chi connectivity index (χ4n) is 4.34. The van der Waals surface area contributed by atoms with Gasteiger partial charge in [-0.15, -0.1) is 0 Å². The number of anilines is 2. The lowest BCUT2D eigenvalue weighted by Crippen LogP contribution is -2.47. The van der Waals surface area contributed by atoms with Gasteiger partial charge in [-0.05, 0) is 69.8 Å². The average molecular weight is 428 g/mol. The van der Waals surface area contributed by atoms with Crippen LogP contribution in [0.1, 0.15) is 25.0 Å². The molecule has 8 heteroatoms. The zero-order valence-electron chi connectivity index (χ0n) is 18.1. The Bertz CT molecular complexity index is 895. The third-order valence-corrected chi connectivity index (χ3v) is 6.46. The number of aliphatic hydroxyl groups is 1. The average Bonchev–Trinajstić information content (AvgIpc) is 3.26. The number of likely N-dealkylation sites (tertiary alicyclic amines) is 1. The van der Waals surface area contributed by atoms with Crippen molar-refractivity contribution in [2.45, 2.75) is 30.9 Å². The highest BCUT2D eigenvalue weighted by Crippen LogP contribution is 2.32. The monoisotopic (exact) mass is 427 g/mol. The summed E-state index contributed by atoms with van der Waals surface area (Å²) >= 11 is 0. The Kier molecular flexibility index (Phi) is 6.11. The molecule has 0 spiro atoms. The molecule has 3 heterocycles. The molecule has 0 bridgehead atoms. The van der Waals surface area contributed by atoms with Crippen molar-refractivity contribution in [3.63, 3.8) is 0 Å². The molecule has 0 radical (unpaired) electrons. The molecule has 7 nitrogen and oxygen atoms in total. The molecule has 2 saturated heterocycles. The highest BCUT2D eigenvalue weighted by atomic mass is 19.1. The molecule has 1 unspecified atom stereocenters. The van der Waals surface area contributed by atoms with Crippen LogP contribution in [-0.2, 0) is 5.60 Å². The second-order valence-electron chi connectivity index (χ2n) is 8.71. The van der Waals surface area contributed by atoms with Crippen molar-refractivity contribution in [1.82, 2.24) is 14.8 Å². The Morgan fingerprint density at radius 1 is 1.16 bits per heavy atom. The maximum absolute atomic E-state index is 13.1. The van der Waals surface area contributed by atoms with Crippen LogP contribution in [0.15, 0.2) is 42.6 Å². The highest BCUT2D eigenvalue weighted by Gasteiger charge is 2.36. The molecule has 166 valence electrons. The van der Waals surface area contributed by atoms with Gasteiger partial charge in [0.1, 0.15) is 11.4 Å². The third kappa shape index (κ3) is 4.80. The molecule has 2 N–H and O–H groups in total. The van der Waals surface area contributed by atoms with Gasteiger partial charge >= 0.3 is 6.03 Å². The number of aromatic nitrogens is 1. The van der Waals surface area contributed by atoms with Crippen LogP contribution in [0, 0.1) is 5.82 Å². The SMILES string of the molecule is CN(C)C1CCN(c2ccc(NC(=O)N3CCC(O)(c4ccc(F)cn4)CC3)cc2)C1. The number of benzene rings is 1. The van der Waals surface area contributed by atoms with E-state index in [2.05, 4.69) is 34.2 Å². The molecule has 2 aromatic rings. The van der Waals surface area contributed by atoms with Gasteiger partial charge in [-0.25, -0.2) is 9.18 Å². The molecule has 1 aromatic carbocycles. The first-order chi connectivity index (χ1) is 14.8. The van der Waals surface area contributed by atoms with Crippen molar-refractivity contribution in [2.75, 3.05) is 50.5 Å². The van der Waals surface area contributed by atoms with Gasteiger partial charge < -0.3 is 25.1 Å². The highest BCUT2D eigenvalue weighted by molar-refractivity contribution is 5.89. The molecule has 1 atom stereocenters. The molecular formula is C23H30FN5O2. The van der Waals surface area contributed by atoms with Crippen molar-refractivity contribution in [3.8, 4) is 0 Å². The van der Waals surface area contributed by atoms with Crippen LogP contribution < -0.4 is 10.2 Å². The predicted molar refractivity (Wildman–Crippen MR) is 119 cm³/mol. The Labute approximate surface area is 182 Å². The Morgan fingerprint density at radius 2 is 1.87 bits per heavy atom. The Balaban J connectivity index is 1.30. The van der Waals surface area contributed by atoms with Crippen LogP contribution >= 0.6 is 0 Å². The van der Waals surface area contributed by atoms with Crippen LogP contribution in [0.25, 0.3) is 0 Å². The van der Waals surface area contributed by atoms with E-state index >= 15 is 0 Å². The number of urea groups is 1. The maximum Gasteiger partial charge on any atom is 0.321 e. The summed E-state index contributed by atoms with van der Waals surface area (Å²) in [6.07, 6.45) is 2.99. The van der Waals surface area contributed by atoms with Crippen LogP contribution in [-0.4, -0.2) is 72.2 Å². The van der Waals surface area contributed by atoms with Gasteiger partial charge in [-0.2, -0.15) is 0 Å². The van der Waals surface area contributed by atoms with Gasteiger partial charge in [0, 0.05) is 43.6 Å². The Morgan fingerprint density at radius 3 is 2.45 bits per heavy atom. The smallest absolute Gasteiger partial charge is 0.321 e. The molecule has 0 aliphatic carbocycles. The van der Waals surface area contributed by atoms with Crippen molar-refractivity contribution in [2.24, 2.45) is 0 Å². The number of pyridine rings is 1. The summed E-state index contributed by atoms with van der Waals surface area (Å²) < 4.78 is 13.1. The van der Waals surface area contributed by atoms with Crippen molar-refractivity contribution >= 4 is 17.4 Å². The van der Waals surface area contributed by atoms with Gasteiger partial charge in [-0.1, -0.05) is 0 Å². The van der Waals surface area contributed by atoms with E-state index < -0.39 is 11.4 Å². The molecule has 0 saturated carbocycles. The number of hydrogen-bond donors (Lipinski definition) is 2. The molecule has 4 rings (SSSR count). The summed E-state index contributed by atoms with van der Waals surface area (Å²) in [5.41, 5.74) is 1.23. The number of carbonyl (C=O) groups is 1. The summed E-state index contributed by atoms with van der Waals surface area (Å²) in [4.78, 5) is 23.0. The first-order valence-corrected chi connectivity index (χ1v) is 10.8. The summed E-state index contributed by atoms with van der Waals surface area (Å²) in [5, 5.41) is 13.8. The minimum Gasteiger partial charge on any atom is -0.383 e. The lowest BCUT2D eigenvalue weighted by atomic mass is 9.88. The van der Waals surface area contributed by atoms with Gasteiger partial charge in [-0.3, -0.25) is 4.98 Å². The van der Waals surface area contributed by atoms with E-state index in [-0.39, 0.29) is 6.03 Å². The number of carbonyl (C=O) groups excluding carboxylic acids is 1. The quantitative estimate of drug-likeness (QED) is 0.785. The van der Waals surface area contributed by atoms with Gasteiger partial charge in [0.25, 0.3) is 0 Å². The van der Waals surface area contributed by atoms with Crippen molar-refractivity contribution < 1.29 is 14.3 Å². The third-order valence-electron chi connectivity index (χ3n) is 6.46. The molecule has 2 aliphatic heterocycles. The minimum atomic E-state index is -1.13. The first-order valence-electron chi connectivity index (χ1n) is 10.8. The van der Waals surface area contributed by atoms with Crippen LogP contribution in [0.4, 0.5) is 20.6 Å². The minimum absolute atomic E-state index is 0.185. The van der Waals surface area contributed by atoms with Crippen LogP contribution in [0.5, 0.6) is 0 Å². The second-order valence-corrected chi connectivity index (χ2v) is 8.71. The van der Waals surface area contributed by atoms with E-state index in [1.807, 2.05) is 24.3 Å². The first kappa shape index (κ1) is 21.5. The van der Waals surface area contributed by atoms with E-state index in [0.29, 0.717) is 37.7 Å². The van der Waals surface area contributed by atoms with E-state index in [1.165, 1.54) is 12.1 Å². The Hall–Kier alpha value is -2.71. The van der Waals surface area contributed by atoms with Gasteiger partial charge in [0.2, 0.25) is 0 Å². The van der Waals surface area contributed by atoms with Gasteiger partial charge in [0.05, 0.1) is 11.9 Å².